The number of carboxylic acid groups (broad SMARTS) is 1. The molecule has 0 radical (unpaired) electrons. The zero-order chi connectivity index (χ0) is 12.3. The Morgan fingerprint density at radius 2 is 2.18 bits per heavy atom. The van der Waals surface area contributed by atoms with E-state index in [0.717, 1.165) is 0 Å². The van der Waals surface area contributed by atoms with E-state index in [4.69, 9.17) is 5.11 Å². The van der Waals surface area contributed by atoms with Crippen molar-refractivity contribution in [1.82, 2.24) is 9.97 Å². The Bertz CT molecular complexity index is 558. The maximum absolute atomic E-state index is 12.5. The summed E-state index contributed by atoms with van der Waals surface area (Å²) < 4.78 is 12.5. The van der Waals surface area contributed by atoms with Gasteiger partial charge in [0.25, 0.3) is 0 Å². The third kappa shape index (κ3) is 2.44. The van der Waals surface area contributed by atoms with Crippen molar-refractivity contribution in [3.8, 4) is 11.3 Å². The van der Waals surface area contributed by atoms with Crippen LogP contribution in [0.3, 0.4) is 0 Å². The number of benzene rings is 1. The van der Waals surface area contributed by atoms with Crippen molar-refractivity contribution in [3.05, 3.63) is 47.9 Å². The van der Waals surface area contributed by atoms with Crippen LogP contribution in [0.25, 0.3) is 11.3 Å². The van der Waals surface area contributed by atoms with Crippen molar-refractivity contribution in [2.75, 3.05) is 0 Å². The zero-order valence-corrected chi connectivity index (χ0v) is 8.80. The monoisotopic (exact) mass is 232 g/mol. The molecule has 0 aliphatic heterocycles. The van der Waals surface area contributed by atoms with Crippen LogP contribution >= 0.6 is 0 Å². The average molecular weight is 232 g/mol. The standard InChI is InChI=1S/C12H9FN2O2/c13-7-8-2-1-3-9(6-8)10-4-5-14-11(15-10)12(16)17/h1-6H,7H2,(H,16,17). The summed E-state index contributed by atoms with van der Waals surface area (Å²) in [6.07, 6.45) is 1.37. The number of carbonyl (C=O) groups is 1. The van der Waals surface area contributed by atoms with Crippen LogP contribution in [0, 0.1) is 0 Å². The molecule has 1 aromatic heterocycles. The summed E-state index contributed by atoms with van der Waals surface area (Å²) in [6, 6.07) is 8.32. The minimum absolute atomic E-state index is 0.270. The molecule has 0 unspecified atom stereocenters. The van der Waals surface area contributed by atoms with Gasteiger partial charge < -0.3 is 5.11 Å². The van der Waals surface area contributed by atoms with Gasteiger partial charge in [-0.15, -0.1) is 0 Å². The first-order chi connectivity index (χ1) is 8.20. The lowest BCUT2D eigenvalue weighted by Crippen LogP contribution is -2.04. The molecule has 1 aromatic carbocycles. The summed E-state index contributed by atoms with van der Waals surface area (Å²) in [7, 11) is 0. The average Bonchev–Trinajstić information content (AvgIpc) is 2.39. The van der Waals surface area contributed by atoms with Gasteiger partial charge in [0.2, 0.25) is 5.82 Å². The molecule has 2 aromatic rings. The Labute approximate surface area is 96.8 Å². The third-order valence-electron chi connectivity index (χ3n) is 2.22. The van der Waals surface area contributed by atoms with Crippen LogP contribution in [0.2, 0.25) is 0 Å². The summed E-state index contributed by atoms with van der Waals surface area (Å²) in [5, 5.41) is 8.77. The summed E-state index contributed by atoms with van der Waals surface area (Å²) in [5.74, 6) is -1.46. The van der Waals surface area contributed by atoms with Gasteiger partial charge in [0.05, 0.1) is 5.69 Å². The number of hydrogen-bond donors (Lipinski definition) is 1. The van der Waals surface area contributed by atoms with Crippen molar-refractivity contribution in [2.45, 2.75) is 6.67 Å². The highest BCUT2D eigenvalue weighted by Gasteiger charge is 2.08. The van der Waals surface area contributed by atoms with E-state index in [1.165, 1.54) is 6.20 Å². The number of nitrogens with zero attached hydrogens (tertiary/aromatic N) is 2. The maximum atomic E-state index is 12.5. The minimum Gasteiger partial charge on any atom is -0.475 e. The number of halogens is 1. The predicted octanol–water partition coefficient (Wildman–Crippen LogP) is 2.31. The lowest BCUT2D eigenvalue weighted by molar-refractivity contribution is 0.0683. The molecule has 0 aliphatic carbocycles. The molecule has 17 heavy (non-hydrogen) atoms. The second kappa shape index (κ2) is 4.69. The van der Waals surface area contributed by atoms with Crippen LogP contribution in [0.4, 0.5) is 4.39 Å². The highest BCUT2D eigenvalue weighted by Crippen LogP contribution is 2.18. The SMILES string of the molecule is O=C(O)c1nccc(-c2cccc(CF)c2)n1. The van der Waals surface area contributed by atoms with Crippen LogP contribution in [0.5, 0.6) is 0 Å². The van der Waals surface area contributed by atoms with Gasteiger partial charge in [-0.25, -0.2) is 19.2 Å². The van der Waals surface area contributed by atoms with Crippen molar-refractivity contribution in [2.24, 2.45) is 0 Å². The first kappa shape index (κ1) is 11.2. The van der Waals surface area contributed by atoms with Gasteiger partial charge >= 0.3 is 5.97 Å². The molecule has 2 rings (SSSR count). The van der Waals surface area contributed by atoms with E-state index < -0.39 is 12.6 Å². The number of carboxylic acids is 1. The van der Waals surface area contributed by atoms with Crippen LogP contribution in [-0.4, -0.2) is 21.0 Å². The minimum atomic E-state index is -1.19. The highest BCUT2D eigenvalue weighted by molar-refractivity contribution is 5.83. The van der Waals surface area contributed by atoms with Gasteiger partial charge in [-0.2, -0.15) is 0 Å². The van der Waals surface area contributed by atoms with E-state index in [-0.39, 0.29) is 5.82 Å². The summed E-state index contributed by atoms with van der Waals surface area (Å²) in [6.45, 7) is -0.565. The van der Waals surface area contributed by atoms with E-state index in [9.17, 15) is 9.18 Å². The Hall–Kier alpha value is -2.30. The fourth-order valence-electron chi connectivity index (χ4n) is 1.44. The summed E-state index contributed by atoms with van der Waals surface area (Å²) in [4.78, 5) is 18.2. The van der Waals surface area contributed by atoms with Gasteiger partial charge in [0, 0.05) is 11.8 Å². The Morgan fingerprint density at radius 1 is 1.35 bits per heavy atom. The van der Waals surface area contributed by atoms with E-state index in [0.29, 0.717) is 16.8 Å². The number of aromatic nitrogens is 2. The van der Waals surface area contributed by atoms with Crippen LogP contribution in [0.15, 0.2) is 36.5 Å². The molecule has 5 heteroatoms. The molecule has 0 saturated heterocycles. The number of rotatable bonds is 3. The van der Waals surface area contributed by atoms with Gasteiger partial charge in [0.15, 0.2) is 0 Å². The van der Waals surface area contributed by atoms with Crippen molar-refractivity contribution < 1.29 is 14.3 Å². The molecule has 0 spiro atoms. The topological polar surface area (TPSA) is 63.1 Å². The molecule has 0 saturated carbocycles. The summed E-state index contributed by atoms with van der Waals surface area (Å²) in [5.41, 5.74) is 1.66. The second-order valence-corrected chi connectivity index (χ2v) is 3.40. The van der Waals surface area contributed by atoms with E-state index >= 15 is 0 Å². The van der Waals surface area contributed by atoms with E-state index in [1.54, 1.807) is 30.3 Å². The van der Waals surface area contributed by atoms with Gasteiger partial charge in [0.1, 0.15) is 6.67 Å². The molecule has 0 amide bonds. The molecule has 86 valence electrons. The van der Waals surface area contributed by atoms with Gasteiger partial charge in [-0.3, -0.25) is 0 Å². The van der Waals surface area contributed by atoms with Crippen LogP contribution < -0.4 is 0 Å². The maximum Gasteiger partial charge on any atom is 0.373 e. The Morgan fingerprint density at radius 3 is 2.88 bits per heavy atom. The van der Waals surface area contributed by atoms with Crippen molar-refractivity contribution in [1.29, 1.82) is 0 Å². The molecule has 0 atom stereocenters. The van der Waals surface area contributed by atoms with E-state index in [1.807, 2.05) is 0 Å². The van der Waals surface area contributed by atoms with Crippen LogP contribution in [0.1, 0.15) is 16.2 Å². The Balaban J connectivity index is 2.45. The van der Waals surface area contributed by atoms with Gasteiger partial charge in [-0.1, -0.05) is 18.2 Å². The van der Waals surface area contributed by atoms with Gasteiger partial charge in [-0.05, 0) is 17.7 Å². The molecule has 1 N–H and O–H groups in total. The largest absolute Gasteiger partial charge is 0.475 e. The molecule has 0 bridgehead atoms. The lowest BCUT2D eigenvalue weighted by Gasteiger charge is -2.02. The highest BCUT2D eigenvalue weighted by atomic mass is 19.1. The zero-order valence-electron chi connectivity index (χ0n) is 8.80. The molecular weight excluding hydrogens is 223 g/mol. The lowest BCUT2D eigenvalue weighted by atomic mass is 10.1. The second-order valence-electron chi connectivity index (χ2n) is 3.40. The molecule has 0 fully saturated rings. The number of aromatic carboxylic acids is 1. The van der Waals surface area contributed by atoms with E-state index in [2.05, 4.69) is 9.97 Å². The van der Waals surface area contributed by atoms with Crippen LogP contribution in [-0.2, 0) is 6.67 Å². The van der Waals surface area contributed by atoms with Crippen molar-refractivity contribution in [3.63, 3.8) is 0 Å². The number of hydrogen-bond acceptors (Lipinski definition) is 3. The fourth-order valence-corrected chi connectivity index (χ4v) is 1.44. The molecule has 4 nitrogen and oxygen atoms in total. The molecular formula is C12H9FN2O2. The fraction of sp³-hybridized carbons (Fsp3) is 0.0833. The quantitative estimate of drug-likeness (QED) is 0.881. The normalized spacial score (nSPS) is 10.2. The first-order valence-electron chi connectivity index (χ1n) is 4.92. The molecule has 1 heterocycles. The Kier molecular flexibility index (Phi) is 3.09. The van der Waals surface area contributed by atoms with Crippen molar-refractivity contribution >= 4 is 5.97 Å². The first-order valence-corrected chi connectivity index (χ1v) is 4.92. The number of alkyl halides is 1. The predicted molar refractivity (Wildman–Crippen MR) is 59.2 cm³/mol. The molecule has 0 aliphatic rings. The third-order valence-corrected chi connectivity index (χ3v) is 2.22. The smallest absolute Gasteiger partial charge is 0.373 e. The summed E-state index contributed by atoms with van der Waals surface area (Å²) >= 11 is 0.